The first-order chi connectivity index (χ1) is 16.9. The zero-order chi connectivity index (χ0) is 24.9. The average molecular weight is 492 g/mol. The van der Waals surface area contributed by atoms with Crippen LogP contribution in [-0.2, 0) is 22.6 Å². The molecule has 0 unspecified atom stereocenters. The number of carbonyl (C=O) groups excluding carboxylic acids is 4. The number of carbonyl (C=O) groups is 4. The van der Waals surface area contributed by atoms with E-state index in [2.05, 4.69) is 10.3 Å². The minimum absolute atomic E-state index is 0.0680. The molecule has 1 aliphatic rings. The third-order valence-electron chi connectivity index (χ3n) is 5.54. The molecule has 35 heavy (non-hydrogen) atoms. The smallest absolute Gasteiger partial charge is 0.338 e. The van der Waals surface area contributed by atoms with E-state index in [1.54, 1.807) is 5.38 Å². The Kier molecular flexibility index (Phi) is 7.36. The second-order valence-electron chi connectivity index (χ2n) is 8.28. The SMILES string of the molecule is CCCCN1C(=O)c2ccc(C(=O)OCc3csc(CC(=O)Nc4ccc(C)cc4)n3)cc2C1=O. The van der Waals surface area contributed by atoms with E-state index in [1.807, 2.05) is 38.1 Å². The predicted octanol–water partition coefficient (Wildman–Crippen LogP) is 4.39. The number of benzene rings is 2. The van der Waals surface area contributed by atoms with E-state index in [0.29, 0.717) is 28.5 Å². The van der Waals surface area contributed by atoms with E-state index in [9.17, 15) is 19.2 Å². The Labute approximate surface area is 206 Å². The van der Waals surface area contributed by atoms with Crippen molar-refractivity contribution >= 4 is 40.7 Å². The van der Waals surface area contributed by atoms with Crippen LogP contribution < -0.4 is 5.32 Å². The van der Waals surface area contributed by atoms with Gasteiger partial charge in [-0.3, -0.25) is 19.3 Å². The number of aryl methyl sites for hydroxylation is 1. The number of unbranched alkanes of at least 4 members (excludes halogenated alkanes) is 1. The van der Waals surface area contributed by atoms with Crippen LogP contribution in [0.25, 0.3) is 0 Å². The summed E-state index contributed by atoms with van der Waals surface area (Å²) in [5.41, 5.74) is 3.06. The van der Waals surface area contributed by atoms with Crippen molar-refractivity contribution in [3.63, 3.8) is 0 Å². The van der Waals surface area contributed by atoms with Crippen molar-refractivity contribution in [2.45, 2.75) is 39.7 Å². The van der Waals surface area contributed by atoms with Crippen molar-refractivity contribution < 1.29 is 23.9 Å². The van der Waals surface area contributed by atoms with E-state index >= 15 is 0 Å². The molecule has 3 aromatic rings. The summed E-state index contributed by atoms with van der Waals surface area (Å²) in [5, 5.41) is 5.17. The van der Waals surface area contributed by atoms with E-state index in [4.69, 9.17) is 4.74 Å². The lowest BCUT2D eigenvalue weighted by molar-refractivity contribution is -0.115. The molecule has 0 atom stereocenters. The number of ether oxygens (including phenoxy) is 1. The monoisotopic (exact) mass is 491 g/mol. The summed E-state index contributed by atoms with van der Waals surface area (Å²) in [5.74, 6) is -1.52. The largest absolute Gasteiger partial charge is 0.456 e. The first-order valence-corrected chi connectivity index (χ1v) is 12.2. The highest BCUT2D eigenvalue weighted by atomic mass is 32.1. The number of amides is 3. The Morgan fingerprint density at radius 2 is 1.80 bits per heavy atom. The molecule has 3 amide bonds. The van der Waals surface area contributed by atoms with Crippen LogP contribution in [-0.4, -0.2) is 40.1 Å². The molecular weight excluding hydrogens is 466 g/mol. The maximum Gasteiger partial charge on any atom is 0.338 e. The first-order valence-electron chi connectivity index (χ1n) is 11.3. The number of thiazole rings is 1. The molecule has 0 fully saturated rings. The van der Waals surface area contributed by atoms with E-state index in [-0.39, 0.29) is 41.9 Å². The van der Waals surface area contributed by atoms with Crippen LogP contribution in [0.5, 0.6) is 0 Å². The minimum atomic E-state index is -0.619. The molecule has 0 radical (unpaired) electrons. The van der Waals surface area contributed by atoms with Gasteiger partial charge in [0, 0.05) is 17.6 Å². The maximum atomic E-state index is 12.6. The zero-order valence-electron chi connectivity index (χ0n) is 19.5. The van der Waals surface area contributed by atoms with E-state index in [1.165, 1.54) is 34.4 Å². The molecular formula is C26H25N3O5S. The van der Waals surface area contributed by atoms with Gasteiger partial charge in [0.2, 0.25) is 5.91 Å². The van der Waals surface area contributed by atoms with Crippen LogP contribution in [0.3, 0.4) is 0 Å². The molecule has 2 aromatic carbocycles. The third kappa shape index (κ3) is 5.63. The molecule has 180 valence electrons. The van der Waals surface area contributed by atoms with Crippen LogP contribution >= 0.6 is 11.3 Å². The lowest BCUT2D eigenvalue weighted by atomic mass is 10.1. The number of imide groups is 1. The van der Waals surface area contributed by atoms with Gasteiger partial charge in [0.25, 0.3) is 11.8 Å². The van der Waals surface area contributed by atoms with Gasteiger partial charge in [0.05, 0.1) is 28.8 Å². The molecule has 8 nitrogen and oxygen atoms in total. The van der Waals surface area contributed by atoms with Gasteiger partial charge in [-0.2, -0.15) is 0 Å². The van der Waals surface area contributed by atoms with E-state index in [0.717, 1.165) is 18.4 Å². The molecule has 2 heterocycles. The molecule has 9 heteroatoms. The number of aromatic nitrogens is 1. The summed E-state index contributed by atoms with van der Waals surface area (Å²) < 4.78 is 5.35. The molecule has 0 bridgehead atoms. The number of anilines is 1. The number of fused-ring (bicyclic) bond motifs is 1. The van der Waals surface area contributed by atoms with Crippen molar-refractivity contribution in [3.8, 4) is 0 Å². The second-order valence-corrected chi connectivity index (χ2v) is 9.22. The van der Waals surface area contributed by atoms with Crippen molar-refractivity contribution in [3.05, 3.63) is 80.8 Å². The highest BCUT2D eigenvalue weighted by molar-refractivity contribution is 7.09. The van der Waals surface area contributed by atoms with Crippen LogP contribution in [0.4, 0.5) is 5.69 Å². The summed E-state index contributed by atoms with van der Waals surface area (Å²) in [7, 11) is 0. The van der Waals surface area contributed by atoms with Gasteiger partial charge in [-0.1, -0.05) is 31.0 Å². The Morgan fingerprint density at radius 3 is 2.54 bits per heavy atom. The van der Waals surface area contributed by atoms with Gasteiger partial charge in [0.15, 0.2) is 0 Å². The third-order valence-corrected chi connectivity index (χ3v) is 6.44. The van der Waals surface area contributed by atoms with Crippen LogP contribution in [0.15, 0.2) is 47.8 Å². The maximum absolute atomic E-state index is 12.6. The van der Waals surface area contributed by atoms with Crippen molar-refractivity contribution in [1.82, 2.24) is 9.88 Å². The fourth-order valence-corrected chi connectivity index (χ4v) is 4.41. The number of hydrogen-bond donors (Lipinski definition) is 1. The van der Waals surface area contributed by atoms with Crippen LogP contribution in [0.1, 0.15) is 67.1 Å². The van der Waals surface area contributed by atoms with Gasteiger partial charge >= 0.3 is 5.97 Å². The molecule has 0 aliphatic carbocycles. The lowest BCUT2D eigenvalue weighted by Gasteiger charge is -2.12. The highest BCUT2D eigenvalue weighted by Crippen LogP contribution is 2.25. The quantitative estimate of drug-likeness (QED) is 0.352. The van der Waals surface area contributed by atoms with Crippen molar-refractivity contribution in [1.29, 1.82) is 0 Å². The predicted molar refractivity (Wildman–Crippen MR) is 131 cm³/mol. The summed E-state index contributed by atoms with van der Waals surface area (Å²) in [4.78, 5) is 55.5. The van der Waals surface area contributed by atoms with Crippen LogP contribution in [0, 0.1) is 6.92 Å². The van der Waals surface area contributed by atoms with Gasteiger partial charge in [-0.15, -0.1) is 11.3 Å². The topological polar surface area (TPSA) is 106 Å². The van der Waals surface area contributed by atoms with Gasteiger partial charge < -0.3 is 10.1 Å². The van der Waals surface area contributed by atoms with Gasteiger partial charge in [0.1, 0.15) is 11.6 Å². The van der Waals surface area contributed by atoms with Gasteiger partial charge in [-0.25, -0.2) is 9.78 Å². The lowest BCUT2D eigenvalue weighted by Crippen LogP contribution is -2.30. The van der Waals surface area contributed by atoms with Crippen molar-refractivity contribution in [2.24, 2.45) is 0 Å². The normalized spacial score (nSPS) is 12.6. The molecule has 0 saturated carbocycles. The van der Waals surface area contributed by atoms with Gasteiger partial charge in [-0.05, 0) is 43.7 Å². The summed E-state index contributed by atoms with van der Waals surface area (Å²) in [6, 6.07) is 11.9. The molecule has 1 aromatic heterocycles. The fourth-order valence-electron chi connectivity index (χ4n) is 3.64. The summed E-state index contributed by atoms with van der Waals surface area (Å²) in [6.07, 6.45) is 1.70. The number of nitrogens with one attached hydrogen (secondary N) is 1. The summed E-state index contributed by atoms with van der Waals surface area (Å²) >= 11 is 1.31. The Bertz CT molecular complexity index is 1280. The first kappa shape index (κ1) is 24.3. The second kappa shape index (κ2) is 10.6. The average Bonchev–Trinajstić information content (AvgIpc) is 3.39. The number of esters is 1. The molecule has 1 N–H and O–H groups in total. The van der Waals surface area contributed by atoms with Crippen molar-refractivity contribution in [2.75, 3.05) is 11.9 Å². The molecule has 1 aliphatic heterocycles. The standard InChI is InChI=1S/C26H25N3O5S/c1-3-4-11-29-24(31)20-10-7-17(12-21(20)25(29)32)26(33)34-14-19-15-35-23(28-19)13-22(30)27-18-8-5-16(2)6-9-18/h5-10,12,15H,3-4,11,13-14H2,1-2H3,(H,27,30). The molecule has 0 saturated heterocycles. The zero-order valence-corrected chi connectivity index (χ0v) is 20.3. The minimum Gasteiger partial charge on any atom is -0.456 e. The fraction of sp³-hybridized carbons (Fsp3) is 0.269. The molecule has 0 spiro atoms. The Balaban J connectivity index is 1.32. The Hall–Kier alpha value is -3.85. The number of hydrogen-bond acceptors (Lipinski definition) is 7. The number of nitrogens with zero attached hydrogens (tertiary/aromatic N) is 2. The van der Waals surface area contributed by atoms with E-state index < -0.39 is 5.97 Å². The number of rotatable bonds is 9. The molecule has 4 rings (SSSR count). The summed E-state index contributed by atoms with van der Waals surface area (Å²) in [6.45, 7) is 4.25. The Morgan fingerprint density at radius 1 is 1.06 bits per heavy atom. The van der Waals surface area contributed by atoms with Crippen LogP contribution in [0.2, 0.25) is 0 Å². The highest BCUT2D eigenvalue weighted by Gasteiger charge is 2.35.